The fraction of sp³-hybridized carbons (Fsp3) is 0.217. The van der Waals surface area contributed by atoms with E-state index in [0.717, 1.165) is 5.69 Å². The highest BCUT2D eigenvalue weighted by Crippen LogP contribution is 2.38. The molecular weight excluding hydrogens is 420 g/mol. The molecule has 0 saturated heterocycles. The summed E-state index contributed by atoms with van der Waals surface area (Å²) in [5, 5.41) is 3.22. The molecule has 0 aliphatic rings. The lowest BCUT2D eigenvalue weighted by Crippen LogP contribution is -2.14. The maximum atomic E-state index is 12.5. The number of rotatable bonds is 9. The van der Waals surface area contributed by atoms with E-state index in [1.54, 1.807) is 36.5 Å². The van der Waals surface area contributed by atoms with Crippen LogP contribution in [0.5, 0.6) is 23.0 Å². The van der Waals surface area contributed by atoms with Crippen LogP contribution in [0.15, 0.2) is 54.7 Å². The minimum Gasteiger partial charge on any atom is -0.493 e. The molecule has 3 aromatic rings. The van der Waals surface area contributed by atoms with Crippen molar-refractivity contribution in [3.8, 4) is 23.0 Å². The molecule has 0 unspecified atom stereocenters. The summed E-state index contributed by atoms with van der Waals surface area (Å²) < 4.78 is 21.7. The smallest absolute Gasteiger partial charge is 0.228 e. The molecule has 7 nitrogen and oxygen atoms in total. The molecule has 1 heterocycles. The van der Waals surface area contributed by atoms with E-state index in [4.69, 9.17) is 30.5 Å². The molecule has 0 saturated carbocycles. The van der Waals surface area contributed by atoms with Gasteiger partial charge in [0.05, 0.1) is 38.5 Å². The average molecular weight is 443 g/mol. The van der Waals surface area contributed by atoms with E-state index in [1.807, 2.05) is 18.2 Å². The van der Waals surface area contributed by atoms with Crippen molar-refractivity contribution in [1.82, 2.24) is 4.98 Å². The SMILES string of the molecule is COc1cc(CC(=O)Nc2ccc(OCc3ccccn3)c(Cl)c2)cc(OC)c1OC. The van der Waals surface area contributed by atoms with Gasteiger partial charge in [-0.1, -0.05) is 17.7 Å². The Labute approximate surface area is 185 Å². The summed E-state index contributed by atoms with van der Waals surface area (Å²) in [6.07, 6.45) is 1.82. The van der Waals surface area contributed by atoms with E-state index >= 15 is 0 Å². The number of ether oxygens (including phenoxy) is 4. The first-order valence-electron chi connectivity index (χ1n) is 9.45. The lowest BCUT2D eigenvalue weighted by atomic mass is 10.1. The van der Waals surface area contributed by atoms with E-state index in [9.17, 15) is 4.79 Å². The maximum Gasteiger partial charge on any atom is 0.228 e. The highest BCUT2D eigenvalue weighted by molar-refractivity contribution is 6.32. The predicted molar refractivity (Wildman–Crippen MR) is 118 cm³/mol. The van der Waals surface area contributed by atoms with E-state index in [-0.39, 0.29) is 12.3 Å². The largest absolute Gasteiger partial charge is 0.493 e. The number of nitrogens with zero attached hydrogens (tertiary/aromatic N) is 1. The predicted octanol–water partition coefficient (Wildman–Crippen LogP) is 4.52. The molecule has 1 aromatic heterocycles. The van der Waals surface area contributed by atoms with Gasteiger partial charge in [0.1, 0.15) is 12.4 Å². The summed E-state index contributed by atoms with van der Waals surface area (Å²) in [4.78, 5) is 16.7. The quantitative estimate of drug-likeness (QED) is 0.525. The second-order valence-corrected chi connectivity index (χ2v) is 6.92. The van der Waals surface area contributed by atoms with Crippen LogP contribution in [0.25, 0.3) is 0 Å². The molecular formula is C23H23ClN2O5. The first-order valence-corrected chi connectivity index (χ1v) is 9.82. The third-order valence-corrected chi connectivity index (χ3v) is 4.70. The highest BCUT2D eigenvalue weighted by atomic mass is 35.5. The van der Waals surface area contributed by atoms with Gasteiger partial charge in [-0.3, -0.25) is 9.78 Å². The fourth-order valence-corrected chi connectivity index (χ4v) is 3.19. The van der Waals surface area contributed by atoms with Gasteiger partial charge in [-0.2, -0.15) is 0 Å². The first kappa shape index (κ1) is 22.2. The van der Waals surface area contributed by atoms with Gasteiger partial charge in [0, 0.05) is 11.9 Å². The number of hydrogen-bond acceptors (Lipinski definition) is 6. The Morgan fingerprint density at radius 1 is 0.968 bits per heavy atom. The van der Waals surface area contributed by atoms with E-state index in [0.29, 0.717) is 45.9 Å². The van der Waals surface area contributed by atoms with Gasteiger partial charge in [-0.15, -0.1) is 0 Å². The number of amides is 1. The summed E-state index contributed by atoms with van der Waals surface area (Å²) in [5.74, 6) is 1.74. The van der Waals surface area contributed by atoms with Crippen molar-refractivity contribution in [2.75, 3.05) is 26.6 Å². The van der Waals surface area contributed by atoms with Crippen LogP contribution < -0.4 is 24.3 Å². The molecule has 0 atom stereocenters. The zero-order valence-corrected chi connectivity index (χ0v) is 18.2. The van der Waals surface area contributed by atoms with Crippen LogP contribution in [0.4, 0.5) is 5.69 Å². The summed E-state index contributed by atoms with van der Waals surface area (Å²) >= 11 is 6.31. The van der Waals surface area contributed by atoms with Crippen LogP contribution in [-0.4, -0.2) is 32.2 Å². The molecule has 0 radical (unpaired) electrons. The third-order valence-electron chi connectivity index (χ3n) is 4.41. The van der Waals surface area contributed by atoms with E-state index in [1.165, 1.54) is 21.3 Å². The molecule has 0 fully saturated rings. The standard InChI is InChI=1S/C23H23ClN2O5/c1-28-20-10-15(11-21(29-2)23(20)30-3)12-22(27)26-16-7-8-19(18(24)13-16)31-14-17-6-4-5-9-25-17/h4-11,13H,12,14H2,1-3H3,(H,26,27). The number of methoxy groups -OCH3 is 3. The lowest BCUT2D eigenvalue weighted by Gasteiger charge is -2.14. The normalized spacial score (nSPS) is 10.3. The molecule has 0 spiro atoms. The average Bonchev–Trinajstić information content (AvgIpc) is 2.78. The van der Waals surface area contributed by atoms with Gasteiger partial charge in [0.15, 0.2) is 11.5 Å². The Morgan fingerprint density at radius 2 is 1.71 bits per heavy atom. The molecule has 8 heteroatoms. The van der Waals surface area contributed by atoms with Gasteiger partial charge in [-0.25, -0.2) is 0 Å². The van der Waals surface area contributed by atoms with Crippen LogP contribution in [0.3, 0.4) is 0 Å². The van der Waals surface area contributed by atoms with E-state index in [2.05, 4.69) is 10.3 Å². The Balaban J connectivity index is 1.65. The maximum absolute atomic E-state index is 12.5. The van der Waals surface area contributed by atoms with Gasteiger partial charge in [-0.05, 0) is 48.0 Å². The third kappa shape index (κ3) is 5.79. The Kier molecular flexibility index (Phi) is 7.56. The number of hydrogen-bond donors (Lipinski definition) is 1. The van der Waals surface area contributed by atoms with Crippen molar-refractivity contribution in [3.05, 3.63) is 71.0 Å². The lowest BCUT2D eigenvalue weighted by molar-refractivity contribution is -0.115. The highest BCUT2D eigenvalue weighted by Gasteiger charge is 2.15. The summed E-state index contributed by atoms with van der Waals surface area (Å²) in [6, 6.07) is 14.2. The summed E-state index contributed by atoms with van der Waals surface area (Å²) in [6.45, 7) is 0.299. The summed E-state index contributed by atoms with van der Waals surface area (Å²) in [5.41, 5.74) is 2.07. The monoisotopic (exact) mass is 442 g/mol. The van der Waals surface area contributed by atoms with Gasteiger partial charge < -0.3 is 24.3 Å². The number of nitrogens with one attached hydrogen (secondary N) is 1. The molecule has 3 rings (SSSR count). The number of carbonyl (C=O) groups is 1. The van der Waals surface area contributed by atoms with Crippen molar-refractivity contribution in [2.24, 2.45) is 0 Å². The van der Waals surface area contributed by atoms with Gasteiger partial charge in [0.25, 0.3) is 0 Å². The molecule has 0 bridgehead atoms. The first-order chi connectivity index (χ1) is 15.0. The Bertz CT molecular complexity index is 1020. The van der Waals surface area contributed by atoms with Crippen molar-refractivity contribution < 1.29 is 23.7 Å². The minimum atomic E-state index is -0.215. The molecule has 162 valence electrons. The molecule has 1 N–H and O–H groups in total. The Morgan fingerprint density at radius 3 is 2.29 bits per heavy atom. The van der Waals surface area contributed by atoms with Gasteiger partial charge >= 0.3 is 0 Å². The molecule has 0 aliphatic carbocycles. The number of pyridine rings is 1. The second-order valence-electron chi connectivity index (χ2n) is 6.51. The number of halogens is 1. The van der Waals surface area contributed by atoms with E-state index < -0.39 is 0 Å². The zero-order chi connectivity index (χ0) is 22.2. The van der Waals surface area contributed by atoms with Crippen LogP contribution in [0.2, 0.25) is 5.02 Å². The second kappa shape index (κ2) is 10.5. The number of anilines is 1. The number of carbonyl (C=O) groups excluding carboxylic acids is 1. The molecule has 1 amide bonds. The molecule has 0 aliphatic heterocycles. The summed E-state index contributed by atoms with van der Waals surface area (Å²) in [7, 11) is 4.58. The molecule has 2 aromatic carbocycles. The van der Waals surface area contributed by atoms with Crippen molar-refractivity contribution >= 4 is 23.2 Å². The Hall–Kier alpha value is -3.45. The van der Waals surface area contributed by atoms with Crippen molar-refractivity contribution in [2.45, 2.75) is 13.0 Å². The fourth-order valence-electron chi connectivity index (χ4n) is 2.96. The topological polar surface area (TPSA) is 78.9 Å². The minimum absolute atomic E-state index is 0.117. The molecule has 31 heavy (non-hydrogen) atoms. The van der Waals surface area contributed by atoms with Crippen molar-refractivity contribution in [1.29, 1.82) is 0 Å². The van der Waals surface area contributed by atoms with Crippen LogP contribution >= 0.6 is 11.6 Å². The van der Waals surface area contributed by atoms with Crippen LogP contribution in [0.1, 0.15) is 11.3 Å². The number of benzene rings is 2. The number of aromatic nitrogens is 1. The van der Waals surface area contributed by atoms with Crippen LogP contribution in [-0.2, 0) is 17.8 Å². The zero-order valence-electron chi connectivity index (χ0n) is 17.5. The van der Waals surface area contributed by atoms with Gasteiger partial charge in [0.2, 0.25) is 11.7 Å². The van der Waals surface area contributed by atoms with Crippen LogP contribution in [0, 0.1) is 0 Å². The van der Waals surface area contributed by atoms with Crippen molar-refractivity contribution in [3.63, 3.8) is 0 Å².